The number of aromatic nitrogens is 1. The maximum absolute atomic E-state index is 13.6. The summed E-state index contributed by atoms with van der Waals surface area (Å²) >= 11 is 0. The van der Waals surface area contributed by atoms with Crippen LogP contribution >= 0.6 is 0 Å². The predicted octanol–water partition coefficient (Wildman–Crippen LogP) is 3.17. The fourth-order valence-electron chi connectivity index (χ4n) is 3.60. The van der Waals surface area contributed by atoms with Gasteiger partial charge in [-0.1, -0.05) is 23.4 Å². The summed E-state index contributed by atoms with van der Waals surface area (Å²) < 4.78 is 46.5. The molecule has 1 aromatic heterocycles. The van der Waals surface area contributed by atoms with Gasteiger partial charge in [-0.05, 0) is 49.7 Å². The number of sulfonamides is 1. The predicted molar refractivity (Wildman–Crippen MR) is 104 cm³/mol. The number of nitrogens with zero attached hydrogens (tertiary/aromatic N) is 3. The molecule has 2 aromatic carbocycles. The Balaban J connectivity index is 1.50. The highest BCUT2D eigenvalue weighted by atomic mass is 32.2. The molecular weight excluding hydrogens is 381 g/mol. The minimum Gasteiger partial charge on any atom is -0.356 e. The van der Waals surface area contributed by atoms with Gasteiger partial charge in [-0.15, -0.1) is 0 Å². The number of hydrogen-bond donors (Lipinski definition) is 0. The van der Waals surface area contributed by atoms with E-state index in [2.05, 4.69) is 10.1 Å². The zero-order valence-electron chi connectivity index (χ0n) is 15.6. The molecule has 0 spiro atoms. The van der Waals surface area contributed by atoms with E-state index in [4.69, 9.17) is 4.52 Å². The maximum atomic E-state index is 13.6. The van der Waals surface area contributed by atoms with Crippen molar-refractivity contribution in [2.45, 2.75) is 24.8 Å². The molecule has 1 aliphatic rings. The van der Waals surface area contributed by atoms with Crippen LogP contribution in [-0.4, -0.2) is 49.0 Å². The first-order chi connectivity index (χ1) is 13.4. The fourth-order valence-corrected chi connectivity index (χ4v) is 5.31. The third-order valence-corrected chi connectivity index (χ3v) is 7.18. The minimum atomic E-state index is -3.73. The van der Waals surface area contributed by atoms with Crippen molar-refractivity contribution >= 4 is 21.0 Å². The van der Waals surface area contributed by atoms with Gasteiger partial charge in [0.05, 0.1) is 4.90 Å². The van der Waals surface area contributed by atoms with Gasteiger partial charge in [0.1, 0.15) is 11.5 Å². The Kier molecular flexibility index (Phi) is 5.18. The molecule has 2 heterocycles. The Bertz CT molecular complexity index is 1100. The van der Waals surface area contributed by atoms with Crippen LogP contribution < -0.4 is 0 Å². The van der Waals surface area contributed by atoms with E-state index in [9.17, 15) is 12.8 Å². The molecule has 6 nitrogen and oxygen atoms in total. The van der Waals surface area contributed by atoms with Gasteiger partial charge in [-0.25, -0.2) is 12.8 Å². The highest BCUT2D eigenvalue weighted by Gasteiger charge is 2.29. The van der Waals surface area contributed by atoms with Crippen LogP contribution in [0, 0.1) is 12.7 Å². The van der Waals surface area contributed by atoms with Crippen LogP contribution in [0.5, 0.6) is 0 Å². The number of halogens is 1. The molecule has 0 amide bonds. The molecule has 0 atom stereocenters. The molecule has 0 aliphatic carbocycles. The summed E-state index contributed by atoms with van der Waals surface area (Å²) in [6.07, 6.45) is 0.698. The normalized spacial score (nSPS) is 17.1. The van der Waals surface area contributed by atoms with Crippen molar-refractivity contribution in [1.29, 1.82) is 0 Å². The van der Waals surface area contributed by atoms with E-state index in [0.29, 0.717) is 38.2 Å². The number of hydrogen-bond acceptors (Lipinski definition) is 5. The molecule has 1 saturated heterocycles. The largest absolute Gasteiger partial charge is 0.356 e. The lowest BCUT2D eigenvalue weighted by Gasteiger charge is -2.22. The Morgan fingerprint density at radius 3 is 2.79 bits per heavy atom. The summed E-state index contributed by atoms with van der Waals surface area (Å²) in [5.41, 5.74) is 2.16. The Hall–Kier alpha value is -2.29. The molecule has 8 heteroatoms. The maximum Gasteiger partial charge on any atom is 0.243 e. The molecule has 4 rings (SSSR count). The van der Waals surface area contributed by atoms with Gasteiger partial charge in [0.15, 0.2) is 5.58 Å². The van der Waals surface area contributed by atoms with Gasteiger partial charge < -0.3 is 4.52 Å². The van der Waals surface area contributed by atoms with Crippen molar-refractivity contribution in [3.05, 3.63) is 59.5 Å². The molecule has 1 fully saturated rings. The van der Waals surface area contributed by atoms with E-state index in [-0.39, 0.29) is 4.90 Å². The van der Waals surface area contributed by atoms with Crippen molar-refractivity contribution in [2.24, 2.45) is 0 Å². The fraction of sp³-hybridized carbons (Fsp3) is 0.350. The van der Waals surface area contributed by atoms with Gasteiger partial charge in [-0.3, -0.25) is 4.90 Å². The van der Waals surface area contributed by atoms with Gasteiger partial charge in [0.2, 0.25) is 10.0 Å². The molecule has 0 radical (unpaired) electrons. The van der Waals surface area contributed by atoms with E-state index in [1.54, 1.807) is 6.92 Å². The lowest BCUT2D eigenvalue weighted by molar-refractivity contribution is 0.270. The van der Waals surface area contributed by atoms with E-state index in [1.807, 2.05) is 24.3 Å². The summed E-state index contributed by atoms with van der Waals surface area (Å²) in [6, 6.07) is 11.6. The van der Waals surface area contributed by atoms with Crippen LogP contribution in [0.25, 0.3) is 11.0 Å². The number of rotatable bonds is 4. The van der Waals surface area contributed by atoms with Crippen LogP contribution in [0.3, 0.4) is 0 Å². The monoisotopic (exact) mass is 403 g/mol. The zero-order chi connectivity index (χ0) is 19.7. The topological polar surface area (TPSA) is 66.7 Å². The third kappa shape index (κ3) is 3.67. The molecule has 3 aromatic rings. The molecule has 28 heavy (non-hydrogen) atoms. The van der Waals surface area contributed by atoms with Crippen molar-refractivity contribution in [2.75, 3.05) is 26.2 Å². The SMILES string of the molecule is Cc1ccc(F)cc1S(=O)(=O)N1CCCN(Cc2noc3ccccc23)CC1. The van der Waals surface area contributed by atoms with Crippen LogP contribution in [0.15, 0.2) is 51.9 Å². The van der Waals surface area contributed by atoms with Crippen LogP contribution in [0.2, 0.25) is 0 Å². The number of benzene rings is 2. The Labute approximate surface area is 163 Å². The first-order valence-electron chi connectivity index (χ1n) is 9.27. The van der Waals surface area contributed by atoms with E-state index in [0.717, 1.165) is 29.3 Å². The zero-order valence-corrected chi connectivity index (χ0v) is 16.5. The average Bonchev–Trinajstić information content (AvgIpc) is 2.92. The smallest absolute Gasteiger partial charge is 0.243 e. The summed E-state index contributed by atoms with van der Waals surface area (Å²) in [7, 11) is -3.73. The lowest BCUT2D eigenvalue weighted by Crippen LogP contribution is -2.35. The number of aryl methyl sites for hydroxylation is 1. The summed E-state index contributed by atoms with van der Waals surface area (Å²) in [4.78, 5) is 2.22. The number of para-hydroxylation sites is 1. The van der Waals surface area contributed by atoms with E-state index < -0.39 is 15.8 Å². The quantitative estimate of drug-likeness (QED) is 0.669. The average molecular weight is 403 g/mol. The third-order valence-electron chi connectivity index (χ3n) is 5.14. The Morgan fingerprint density at radius 1 is 1.11 bits per heavy atom. The summed E-state index contributed by atoms with van der Waals surface area (Å²) in [5, 5.41) is 5.14. The van der Waals surface area contributed by atoms with E-state index >= 15 is 0 Å². The standard InChI is InChI=1S/C20H22FN3O3S/c1-15-7-8-16(21)13-20(15)28(25,26)24-10-4-9-23(11-12-24)14-18-17-5-2-3-6-19(17)27-22-18/h2-3,5-8,13H,4,9-12,14H2,1H3. The first kappa shape index (κ1) is 19.0. The van der Waals surface area contributed by atoms with Crippen LogP contribution in [0.1, 0.15) is 17.7 Å². The Morgan fingerprint density at radius 2 is 1.93 bits per heavy atom. The highest BCUT2D eigenvalue weighted by Crippen LogP contribution is 2.24. The number of fused-ring (bicyclic) bond motifs is 1. The minimum absolute atomic E-state index is 0.0449. The molecule has 1 aliphatic heterocycles. The van der Waals surface area contributed by atoms with Crippen molar-refractivity contribution < 1.29 is 17.3 Å². The molecule has 0 saturated carbocycles. The van der Waals surface area contributed by atoms with Crippen LogP contribution in [-0.2, 0) is 16.6 Å². The summed E-state index contributed by atoms with van der Waals surface area (Å²) in [6.45, 7) is 4.39. The molecular formula is C20H22FN3O3S. The van der Waals surface area contributed by atoms with Crippen molar-refractivity contribution in [1.82, 2.24) is 14.4 Å². The molecule has 0 unspecified atom stereocenters. The second kappa shape index (κ2) is 7.62. The lowest BCUT2D eigenvalue weighted by atomic mass is 10.2. The van der Waals surface area contributed by atoms with Gasteiger partial charge in [-0.2, -0.15) is 4.31 Å². The van der Waals surface area contributed by atoms with Crippen molar-refractivity contribution in [3.63, 3.8) is 0 Å². The highest BCUT2D eigenvalue weighted by molar-refractivity contribution is 7.89. The first-order valence-corrected chi connectivity index (χ1v) is 10.7. The molecule has 148 valence electrons. The van der Waals surface area contributed by atoms with Gasteiger partial charge in [0.25, 0.3) is 0 Å². The van der Waals surface area contributed by atoms with Gasteiger partial charge in [0, 0.05) is 31.6 Å². The molecule has 0 N–H and O–H groups in total. The van der Waals surface area contributed by atoms with Crippen molar-refractivity contribution in [3.8, 4) is 0 Å². The summed E-state index contributed by atoms with van der Waals surface area (Å²) in [5.74, 6) is -0.543. The van der Waals surface area contributed by atoms with Crippen LogP contribution in [0.4, 0.5) is 4.39 Å². The van der Waals surface area contributed by atoms with E-state index in [1.165, 1.54) is 16.4 Å². The second-order valence-corrected chi connectivity index (χ2v) is 8.98. The molecule has 0 bridgehead atoms. The van der Waals surface area contributed by atoms with Gasteiger partial charge >= 0.3 is 0 Å². The second-order valence-electron chi connectivity index (χ2n) is 7.07.